The van der Waals surface area contributed by atoms with E-state index < -0.39 is 5.97 Å². The fourth-order valence-electron chi connectivity index (χ4n) is 2.89. The Hall–Kier alpha value is -1.99. The third-order valence-corrected chi connectivity index (χ3v) is 4.94. The lowest BCUT2D eigenvalue weighted by Gasteiger charge is -2.23. The van der Waals surface area contributed by atoms with E-state index in [0.717, 1.165) is 47.1 Å². The van der Waals surface area contributed by atoms with E-state index >= 15 is 0 Å². The summed E-state index contributed by atoms with van der Waals surface area (Å²) in [7, 11) is 0. The van der Waals surface area contributed by atoms with Crippen LogP contribution in [0.15, 0.2) is 18.2 Å². The van der Waals surface area contributed by atoms with Crippen LogP contribution in [0.4, 0.5) is 5.69 Å². The SMILES string of the molecule is CCOCc1nnc(CN2CCCCc3cc(C(=O)O)ccc32)s1. The van der Waals surface area contributed by atoms with E-state index in [2.05, 4.69) is 15.1 Å². The molecule has 1 N–H and O–H groups in total. The molecule has 0 aliphatic carbocycles. The van der Waals surface area contributed by atoms with Crippen LogP contribution < -0.4 is 4.90 Å². The highest BCUT2D eigenvalue weighted by molar-refractivity contribution is 7.11. The molecule has 2 aromatic rings. The second-order valence-electron chi connectivity index (χ2n) is 5.75. The first-order chi connectivity index (χ1) is 11.7. The van der Waals surface area contributed by atoms with Gasteiger partial charge in [0.15, 0.2) is 0 Å². The number of benzene rings is 1. The highest BCUT2D eigenvalue weighted by atomic mass is 32.1. The van der Waals surface area contributed by atoms with Gasteiger partial charge in [0, 0.05) is 18.8 Å². The third-order valence-electron chi connectivity index (χ3n) is 4.06. The number of ether oxygens (including phenoxy) is 1. The molecule has 2 heterocycles. The number of rotatable bonds is 6. The molecule has 6 nitrogen and oxygen atoms in total. The standard InChI is InChI=1S/C17H21N3O3S/c1-2-23-11-16-19-18-15(24-16)10-20-8-4-3-5-12-9-13(17(21)22)6-7-14(12)20/h6-7,9H,2-5,8,10-11H2,1H3,(H,21,22). The topological polar surface area (TPSA) is 75.6 Å². The normalized spacial score (nSPS) is 14.3. The third kappa shape index (κ3) is 3.91. The van der Waals surface area contributed by atoms with Crippen molar-refractivity contribution in [3.8, 4) is 0 Å². The summed E-state index contributed by atoms with van der Waals surface area (Å²) < 4.78 is 5.37. The number of nitrogens with zero attached hydrogens (tertiary/aromatic N) is 3. The van der Waals surface area contributed by atoms with Gasteiger partial charge in [-0.2, -0.15) is 0 Å². The number of aromatic nitrogens is 2. The van der Waals surface area contributed by atoms with Gasteiger partial charge >= 0.3 is 5.97 Å². The van der Waals surface area contributed by atoms with Gasteiger partial charge in [-0.3, -0.25) is 0 Å². The van der Waals surface area contributed by atoms with E-state index in [-0.39, 0.29) is 0 Å². The number of anilines is 1. The molecule has 0 bridgehead atoms. The molecule has 1 aliphatic heterocycles. The maximum Gasteiger partial charge on any atom is 0.335 e. The molecule has 0 saturated carbocycles. The number of carboxylic acid groups (broad SMARTS) is 1. The summed E-state index contributed by atoms with van der Waals surface area (Å²) in [5, 5.41) is 19.5. The van der Waals surface area contributed by atoms with Crippen molar-refractivity contribution in [3.63, 3.8) is 0 Å². The lowest BCUT2D eigenvalue weighted by molar-refractivity contribution is 0.0697. The van der Waals surface area contributed by atoms with Gasteiger partial charge in [-0.15, -0.1) is 10.2 Å². The zero-order chi connectivity index (χ0) is 16.9. The minimum absolute atomic E-state index is 0.352. The zero-order valence-electron chi connectivity index (χ0n) is 13.7. The highest BCUT2D eigenvalue weighted by Gasteiger charge is 2.19. The monoisotopic (exact) mass is 347 g/mol. The predicted octanol–water partition coefficient (Wildman–Crippen LogP) is 3.12. The van der Waals surface area contributed by atoms with Crippen LogP contribution in [0.3, 0.4) is 0 Å². The van der Waals surface area contributed by atoms with Crippen LogP contribution >= 0.6 is 11.3 Å². The number of carbonyl (C=O) groups is 1. The van der Waals surface area contributed by atoms with Crippen molar-refractivity contribution >= 4 is 23.0 Å². The summed E-state index contributed by atoms with van der Waals surface area (Å²) in [6.45, 7) is 4.78. The summed E-state index contributed by atoms with van der Waals surface area (Å²) >= 11 is 1.57. The average molecular weight is 347 g/mol. The van der Waals surface area contributed by atoms with Crippen LogP contribution in [0.5, 0.6) is 0 Å². The molecule has 0 fully saturated rings. The summed E-state index contributed by atoms with van der Waals surface area (Å²) in [6.07, 6.45) is 3.07. The summed E-state index contributed by atoms with van der Waals surface area (Å²) in [5.41, 5.74) is 2.57. The highest BCUT2D eigenvalue weighted by Crippen LogP contribution is 2.29. The van der Waals surface area contributed by atoms with Gasteiger partial charge in [-0.25, -0.2) is 4.79 Å². The van der Waals surface area contributed by atoms with Gasteiger partial charge in [0.1, 0.15) is 16.6 Å². The summed E-state index contributed by atoms with van der Waals surface area (Å²) in [5.74, 6) is -0.877. The van der Waals surface area contributed by atoms with E-state index in [1.54, 1.807) is 23.5 Å². The van der Waals surface area contributed by atoms with Crippen LogP contribution in [-0.2, 0) is 24.3 Å². The van der Waals surface area contributed by atoms with E-state index in [1.165, 1.54) is 0 Å². The Morgan fingerprint density at radius 3 is 2.96 bits per heavy atom. The van der Waals surface area contributed by atoms with Crippen LogP contribution in [0.1, 0.15) is 45.7 Å². The Morgan fingerprint density at radius 2 is 2.17 bits per heavy atom. The first-order valence-corrected chi connectivity index (χ1v) is 8.99. The Kier molecular flexibility index (Phi) is 5.42. The molecule has 1 aliphatic rings. The van der Waals surface area contributed by atoms with Crippen LogP contribution in [0.25, 0.3) is 0 Å². The lowest BCUT2D eigenvalue weighted by atomic mass is 10.0. The zero-order valence-corrected chi connectivity index (χ0v) is 14.5. The van der Waals surface area contributed by atoms with Crippen molar-refractivity contribution < 1.29 is 14.6 Å². The maximum atomic E-state index is 11.2. The van der Waals surface area contributed by atoms with Gasteiger partial charge in [0.2, 0.25) is 0 Å². The summed E-state index contributed by atoms with van der Waals surface area (Å²) in [4.78, 5) is 13.5. The first-order valence-electron chi connectivity index (χ1n) is 8.17. The molecule has 1 aromatic heterocycles. The van der Waals surface area contributed by atoms with Crippen molar-refractivity contribution in [1.29, 1.82) is 0 Å². The van der Waals surface area contributed by atoms with Crippen molar-refractivity contribution in [2.24, 2.45) is 0 Å². The van der Waals surface area contributed by atoms with Crippen LogP contribution in [-0.4, -0.2) is 34.4 Å². The molecular weight excluding hydrogens is 326 g/mol. The van der Waals surface area contributed by atoms with Crippen LogP contribution in [0, 0.1) is 0 Å². The van der Waals surface area contributed by atoms with Crippen molar-refractivity contribution in [3.05, 3.63) is 39.3 Å². The number of aromatic carboxylic acids is 1. The molecule has 0 amide bonds. The van der Waals surface area contributed by atoms with Crippen molar-refractivity contribution in [1.82, 2.24) is 10.2 Å². The van der Waals surface area contributed by atoms with E-state index in [9.17, 15) is 9.90 Å². The van der Waals surface area contributed by atoms with Gasteiger partial charge in [0.05, 0.1) is 12.1 Å². The number of hydrogen-bond donors (Lipinski definition) is 1. The molecule has 0 radical (unpaired) electrons. The second kappa shape index (κ2) is 7.72. The maximum absolute atomic E-state index is 11.2. The molecular formula is C17H21N3O3S. The second-order valence-corrected chi connectivity index (χ2v) is 6.90. The van der Waals surface area contributed by atoms with Gasteiger partial charge in [-0.05, 0) is 49.9 Å². The number of hydrogen-bond acceptors (Lipinski definition) is 6. The van der Waals surface area contributed by atoms with E-state index in [0.29, 0.717) is 25.3 Å². The minimum atomic E-state index is -0.877. The fraction of sp³-hybridized carbons (Fsp3) is 0.471. The Morgan fingerprint density at radius 1 is 1.33 bits per heavy atom. The van der Waals surface area contributed by atoms with Gasteiger partial charge < -0.3 is 14.7 Å². The molecule has 0 atom stereocenters. The van der Waals surface area contributed by atoms with Gasteiger partial charge in [0.25, 0.3) is 0 Å². The fourth-order valence-corrected chi connectivity index (χ4v) is 3.69. The van der Waals surface area contributed by atoms with Gasteiger partial charge in [-0.1, -0.05) is 11.3 Å². The minimum Gasteiger partial charge on any atom is -0.478 e. The van der Waals surface area contributed by atoms with Crippen LogP contribution in [0.2, 0.25) is 0 Å². The van der Waals surface area contributed by atoms with E-state index in [4.69, 9.17) is 4.74 Å². The quantitative estimate of drug-likeness (QED) is 0.865. The number of aryl methyl sites for hydroxylation is 1. The van der Waals surface area contributed by atoms with Crippen molar-refractivity contribution in [2.75, 3.05) is 18.1 Å². The predicted molar refractivity (Wildman–Crippen MR) is 92.6 cm³/mol. The lowest BCUT2D eigenvalue weighted by Crippen LogP contribution is -2.23. The molecule has 7 heteroatoms. The number of fused-ring (bicyclic) bond motifs is 1. The van der Waals surface area contributed by atoms with Crippen molar-refractivity contribution in [2.45, 2.75) is 39.3 Å². The largest absolute Gasteiger partial charge is 0.478 e. The van der Waals surface area contributed by atoms with E-state index in [1.807, 2.05) is 13.0 Å². The molecule has 0 saturated heterocycles. The molecule has 0 unspecified atom stereocenters. The molecule has 24 heavy (non-hydrogen) atoms. The number of carboxylic acids is 1. The molecule has 3 rings (SSSR count). The Balaban J connectivity index is 1.79. The molecule has 0 spiro atoms. The first kappa shape index (κ1) is 16.9. The Bertz CT molecular complexity index is 717. The summed E-state index contributed by atoms with van der Waals surface area (Å²) in [6, 6.07) is 5.41. The molecule has 1 aromatic carbocycles. The molecule has 128 valence electrons. The average Bonchev–Trinajstić information content (AvgIpc) is 2.93. The smallest absolute Gasteiger partial charge is 0.335 e. The Labute approximate surface area is 145 Å².